The lowest BCUT2D eigenvalue weighted by Crippen LogP contribution is -2.35. The topological polar surface area (TPSA) is 109 Å². The minimum Gasteiger partial charge on any atom is -0.354 e. The van der Waals surface area contributed by atoms with Gasteiger partial charge in [-0.3, -0.25) is 9.59 Å². The van der Waals surface area contributed by atoms with E-state index in [9.17, 15) is 9.59 Å². The van der Waals surface area contributed by atoms with Crippen molar-refractivity contribution >= 4 is 17.6 Å². The summed E-state index contributed by atoms with van der Waals surface area (Å²) in [5, 5.41) is 5.49. The van der Waals surface area contributed by atoms with Crippen LogP contribution in [0.5, 0.6) is 0 Å². The van der Waals surface area contributed by atoms with Crippen molar-refractivity contribution in [2.24, 2.45) is 5.84 Å². The summed E-state index contributed by atoms with van der Waals surface area (Å²) in [4.78, 5) is 27.4. The molecule has 2 amide bonds. The zero-order valence-corrected chi connectivity index (χ0v) is 11.8. The van der Waals surface area contributed by atoms with Crippen LogP contribution >= 0.6 is 0 Å². The third kappa shape index (κ3) is 4.85. The largest absolute Gasteiger partial charge is 0.354 e. The van der Waals surface area contributed by atoms with Crippen molar-refractivity contribution in [3.8, 4) is 0 Å². The van der Waals surface area contributed by atoms with Gasteiger partial charge in [0.05, 0.1) is 5.56 Å². The van der Waals surface area contributed by atoms with E-state index in [1.54, 1.807) is 12.1 Å². The maximum atomic E-state index is 11.9. The van der Waals surface area contributed by atoms with Gasteiger partial charge in [0.15, 0.2) is 5.82 Å². The van der Waals surface area contributed by atoms with Gasteiger partial charge in [-0.15, -0.1) is 0 Å². The molecular weight excluding hydrogens is 258 g/mol. The Morgan fingerprint density at radius 1 is 1.45 bits per heavy atom. The Balaban J connectivity index is 2.42. The average molecular weight is 279 g/mol. The van der Waals surface area contributed by atoms with E-state index in [2.05, 4.69) is 21.0 Å². The number of pyridine rings is 1. The van der Waals surface area contributed by atoms with Gasteiger partial charge in [-0.25, -0.2) is 10.8 Å². The van der Waals surface area contributed by atoms with E-state index in [-0.39, 0.29) is 30.8 Å². The maximum absolute atomic E-state index is 11.9. The van der Waals surface area contributed by atoms with Gasteiger partial charge < -0.3 is 16.1 Å². The number of nitrogens with one attached hydrogen (secondary N) is 3. The summed E-state index contributed by atoms with van der Waals surface area (Å²) in [5.41, 5.74) is 2.70. The predicted molar refractivity (Wildman–Crippen MR) is 76.9 cm³/mol. The van der Waals surface area contributed by atoms with Gasteiger partial charge in [0.25, 0.3) is 5.91 Å². The second-order valence-electron chi connectivity index (χ2n) is 4.43. The number of carbonyl (C=O) groups is 2. The molecule has 20 heavy (non-hydrogen) atoms. The lowest BCUT2D eigenvalue weighted by molar-refractivity contribution is -0.121. The van der Waals surface area contributed by atoms with Crippen molar-refractivity contribution in [1.82, 2.24) is 15.6 Å². The molecule has 1 unspecified atom stereocenters. The van der Waals surface area contributed by atoms with E-state index in [0.29, 0.717) is 11.4 Å². The molecule has 0 spiro atoms. The predicted octanol–water partition coefficient (Wildman–Crippen LogP) is 0.402. The van der Waals surface area contributed by atoms with Gasteiger partial charge in [-0.05, 0) is 25.5 Å². The highest BCUT2D eigenvalue weighted by Crippen LogP contribution is 2.09. The quantitative estimate of drug-likeness (QED) is 0.427. The monoisotopic (exact) mass is 279 g/mol. The highest BCUT2D eigenvalue weighted by molar-refractivity contribution is 5.98. The van der Waals surface area contributed by atoms with E-state index in [1.165, 1.54) is 6.20 Å². The lowest BCUT2D eigenvalue weighted by Gasteiger charge is -2.12. The number of amides is 2. The number of hydrogen-bond acceptors (Lipinski definition) is 5. The highest BCUT2D eigenvalue weighted by Gasteiger charge is 2.12. The van der Waals surface area contributed by atoms with Crippen molar-refractivity contribution < 1.29 is 9.59 Å². The molecule has 0 aliphatic heterocycles. The van der Waals surface area contributed by atoms with Crippen molar-refractivity contribution in [2.75, 3.05) is 12.0 Å². The zero-order chi connectivity index (χ0) is 15.0. The Morgan fingerprint density at radius 2 is 2.20 bits per heavy atom. The van der Waals surface area contributed by atoms with Gasteiger partial charge in [0, 0.05) is 25.2 Å². The van der Waals surface area contributed by atoms with Crippen molar-refractivity contribution in [3.05, 3.63) is 23.9 Å². The van der Waals surface area contributed by atoms with Crippen LogP contribution in [0.15, 0.2) is 18.3 Å². The molecule has 1 rings (SSSR count). The first-order chi connectivity index (χ1) is 9.58. The fraction of sp³-hybridized carbons (Fsp3) is 0.462. The van der Waals surface area contributed by atoms with Crippen LogP contribution in [0.4, 0.5) is 5.82 Å². The van der Waals surface area contributed by atoms with E-state index in [4.69, 9.17) is 5.84 Å². The fourth-order valence-corrected chi connectivity index (χ4v) is 1.54. The first-order valence-corrected chi connectivity index (χ1v) is 6.57. The molecule has 7 nitrogen and oxygen atoms in total. The molecule has 0 aliphatic rings. The second kappa shape index (κ2) is 8.11. The van der Waals surface area contributed by atoms with Gasteiger partial charge >= 0.3 is 0 Å². The lowest BCUT2D eigenvalue weighted by atomic mass is 10.2. The molecule has 0 aromatic carbocycles. The SMILES string of the molecule is CCC(C)NC(=O)CCNC(=O)c1cccnc1NN. The number of nitrogens with two attached hydrogens (primary N) is 1. The van der Waals surface area contributed by atoms with Crippen LogP contribution in [0.25, 0.3) is 0 Å². The molecule has 5 N–H and O–H groups in total. The molecule has 7 heteroatoms. The van der Waals surface area contributed by atoms with Crippen LogP contribution in [0.2, 0.25) is 0 Å². The van der Waals surface area contributed by atoms with Crippen LogP contribution in [-0.4, -0.2) is 29.4 Å². The molecule has 0 saturated carbocycles. The van der Waals surface area contributed by atoms with Crippen LogP contribution in [0.1, 0.15) is 37.0 Å². The number of nitrogen functional groups attached to an aromatic ring is 1. The van der Waals surface area contributed by atoms with Crippen LogP contribution < -0.4 is 21.9 Å². The van der Waals surface area contributed by atoms with Crippen LogP contribution in [0.3, 0.4) is 0 Å². The number of nitrogens with zero attached hydrogens (tertiary/aromatic N) is 1. The molecule has 0 radical (unpaired) electrons. The van der Waals surface area contributed by atoms with Crippen molar-refractivity contribution in [1.29, 1.82) is 0 Å². The van der Waals surface area contributed by atoms with Crippen molar-refractivity contribution in [2.45, 2.75) is 32.7 Å². The summed E-state index contributed by atoms with van der Waals surface area (Å²) >= 11 is 0. The Morgan fingerprint density at radius 3 is 2.85 bits per heavy atom. The summed E-state index contributed by atoms with van der Waals surface area (Å²) in [7, 11) is 0. The minimum absolute atomic E-state index is 0.0805. The average Bonchev–Trinajstić information content (AvgIpc) is 2.46. The maximum Gasteiger partial charge on any atom is 0.255 e. The number of aromatic nitrogens is 1. The first kappa shape index (κ1) is 15.9. The molecule has 1 atom stereocenters. The van der Waals surface area contributed by atoms with Crippen LogP contribution in [0, 0.1) is 0 Å². The normalized spacial score (nSPS) is 11.6. The van der Waals surface area contributed by atoms with E-state index in [1.807, 2.05) is 13.8 Å². The molecule has 1 heterocycles. The van der Waals surface area contributed by atoms with E-state index < -0.39 is 0 Å². The number of hydrazine groups is 1. The molecule has 110 valence electrons. The zero-order valence-electron chi connectivity index (χ0n) is 11.8. The van der Waals surface area contributed by atoms with Crippen LogP contribution in [-0.2, 0) is 4.79 Å². The summed E-state index contributed by atoms with van der Waals surface area (Å²) in [6.45, 7) is 4.20. The molecule has 0 saturated heterocycles. The molecule has 0 bridgehead atoms. The molecule has 0 aliphatic carbocycles. The van der Waals surface area contributed by atoms with Crippen molar-refractivity contribution in [3.63, 3.8) is 0 Å². The number of carbonyl (C=O) groups excluding carboxylic acids is 2. The molecule has 1 aromatic rings. The fourth-order valence-electron chi connectivity index (χ4n) is 1.54. The highest BCUT2D eigenvalue weighted by atomic mass is 16.2. The van der Waals surface area contributed by atoms with Gasteiger partial charge in [-0.2, -0.15) is 0 Å². The van der Waals surface area contributed by atoms with Gasteiger partial charge in [0.2, 0.25) is 5.91 Å². The molecule has 0 fully saturated rings. The Hall–Kier alpha value is -2.15. The first-order valence-electron chi connectivity index (χ1n) is 6.57. The third-order valence-electron chi connectivity index (χ3n) is 2.85. The minimum atomic E-state index is -0.317. The number of rotatable bonds is 7. The molecular formula is C13H21N5O2. The summed E-state index contributed by atoms with van der Waals surface area (Å²) in [6.07, 6.45) is 2.65. The van der Waals surface area contributed by atoms with Gasteiger partial charge in [0.1, 0.15) is 0 Å². The Labute approximate surface area is 118 Å². The smallest absolute Gasteiger partial charge is 0.255 e. The molecule has 1 aromatic heterocycles. The van der Waals surface area contributed by atoms with Gasteiger partial charge in [-0.1, -0.05) is 6.92 Å². The van der Waals surface area contributed by atoms with E-state index >= 15 is 0 Å². The summed E-state index contributed by atoms with van der Waals surface area (Å²) in [5.74, 6) is 5.18. The second-order valence-corrected chi connectivity index (χ2v) is 4.43. The number of hydrogen-bond donors (Lipinski definition) is 4. The Kier molecular flexibility index (Phi) is 6.45. The standard InChI is InChI=1S/C13H21N5O2/c1-3-9(2)17-11(19)6-8-16-13(20)10-5-4-7-15-12(10)18-14/h4-5,7,9H,3,6,8,14H2,1-2H3,(H,15,18)(H,16,20)(H,17,19). The summed E-state index contributed by atoms with van der Waals surface area (Å²) < 4.78 is 0. The Bertz CT molecular complexity index is 464. The summed E-state index contributed by atoms with van der Waals surface area (Å²) in [6, 6.07) is 3.40. The third-order valence-corrected chi connectivity index (χ3v) is 2.85. The number of anilines is 1. The van der Waals surface area contributed by atoms with E-state index in [0.717, 1.165) is 6.42 Å².